The first-order chi connectivity index (χ1) is 10.6. The summed E-state index contributed by atoms with van der Waals surface area (Å²) in [6.45, 7) is 2.77. The molecular weight excluding hydrogens is 302 g/mol. The van der Waals surface area contributed by atoms with Gasteiger partial charge in [-0.1, -0.05) is 12.1 Å². The highest BCUT2D eigenvalue weighted by atomic mass is 32.1. The Morgan fingerprint density at radius 1 is 1.45 bits per heavy atom. The number of hydrazone groups is 1. The van der Waals surface area contributed by atoms with Crippen LogP contribution >= 0.6 is 12.2 Å². The monoisotopic (exact) mass is 323 g/mol. The van der Waals surface area contributed by atoms with Crippen molar-refractivity contribution in [2.24, 2.45) is 10.8 Å². The third-order valence-corrected chi connectivity index (χ3v) is 2.69. The van der Waals surface area contributed by atoms with E-state index in [0.29, 0.717) is 19.6 Å². The second-order valence-electron chi connectivity index (χ2n) is 4.42. The standard InChI is InChI=1S/C15H21N3O3S/c1-2-20-14(19)8-3-4-9-21-13-7-5-6-12(10-13)11-17-18-15(16)22/h5-7,10-11H,2-4,8-9H2,1H3,(H3,16,18,22). The first-order valence-corrected chi connectivity index (χ1v) is 7.49. The number of carbonyl (C=O) groups is 1. The number of hydrogen-bond donors (Lipinski definition) is 2. The van der Waals surface area contributed by atoms with Gasteiger partial charge in [0.05, 0.1) is 19.4 Å². The summed E-state index contributed by atoms with van der Waals surface area (Å²) in [5.74, 6) is 0.585. The minimum atomic E-state index is -0.161. The van der Waals surface area contributed by atoms with Crippen LogP contribution in [0, 0.1) is 0 Å². The van der Waals surface area contributed by atoms with Crippen molar-refractivity contribution >= 4 is 29.5 Å². The Morgan fingerprint density at radius 3 is 3.00 bits per heavy atom. The van der Waals surface area contributed by atoms with Gasteiger partial charge in [-0.05, 0) is 49.7 Å². The van der Waals surface area contributed by atoms with E-state index < -0.39 is 0 Å². The fourth-order valence-corrected chi connectivity index (χ4v) is 1.70. The van der Waals surface area contributed by atoms with E-state index in [0.717, 1.165) is 24.2 Å². The number of rotatable bonds is 9. The van der Waals surface area contributed by atoms with Crippen LogP contribution in [-0.2, 0) is 9.53 Å². The second-order valence-corrected chi connectivity index (χ2v) is 4.86. The van der Waals surface area contributed by atoms with Crippen LogP contribution in [-0.4, -0.2) is 30.5 Å². The Labute approximate surface area is 135 Å². The third kappa shape index (κ3) is 8.21. The van der Waals surface area contributed by atoms with E-state index in [4.69, 9.17) is 15.2 Å². The third-order valence-electron chi connectivity index (χ3n) is 2.60. The maximum atomic E-state index is 11.2. The molecule has 0 amide bonds. The molecule has 0 aliphatic carbocycles. The van der Waals surface area contributed by atoms with E-state index in [1.54, 1.807) is 13.1 Å². The molecule has 0 aliphatic rings. The molecule has 0 unspecified atom stereocenters. The van der Waals surface area contributed by atoms with Crippen molar-refractivity contribution in [3.05, 3.63) is 29.8 Å². The molecule has 0 aromatic heterocycles. The minimum absolute atomic E-state index is 0.116. The van der Waals surface area contributed by atoms with Gasteiger partial charge in [-0.2, -0.15) is 5.10 Å². The zero-order valence-electron chi connectivity index (χ0n) is 12.6. The first-order valence-electron chi connectivity index (χ1n) is 7.09. The van der Waals surface area contributed by atoms with Crippen LogP contribution in [0.5, 0.6) is 5.75 Å². The van der Waals surface area contributed by atoms with Gasteiger partial charge < -0.3 is 15.2 Å². The molecule has 1 rings (SSSR count). The molecule has 0 bridgehead atoms. The molecule has 22 heavy (non-hydrogen) atoms. The number of ether oxygens (including phenoxy) is 2. The highest BCUT2D eigenvalue weighted by molar-refractivity contribution is 7.80. The van der Waals surface area contributed by atoms with Gasteiger partial charge in [0.15, 0.2) is 5.11 Å². The molecule has 0 aliphatic heterocycles. The number of hydrogen-bond acceptors (Lipinski definition) is 5. The van der Waals surface area contributed by atoms with Crippen molar-refractivity contribution in [2.75, 3.05) is 13.2 Å². The predicted molar refractivity (Wildman–Crippen MR) is 89.9 cm³/mol. The Bertz CT molecular complexity index is 521. The number of nitrogens with two attached hydrogens (primary N) is 1. The summed E-state index contributed by atoms with van der Waals surface area (Å²) < 4.78 is 10.5. The maximum absolute atomic E-state index is 11.2. The Balaban J connectivity index is 2.30. The van der Waals surface area contributed by atoms with Crippen LogP contribution < -0.4 is 15.9 Å². The number of benzene rings is 1. The summed E-state index contributed by atoms with van der Waals surface area (Å²) in [6.07, 6.45) is 3.57. The average molecular weight is 323 g/mol. The zero-order valence-corrected chi connectivity index (χ0v) is 13.4. The molecule has 0 radical (unpaired) electrons. The lowest BCUT2D eigenvalue weighted by Crippen LogP contribution is -2.23. The first kappa shape index (κ1) is 17.9. The number of carbonyl (C=O) groups excluding carboxylic acids is 1. The zero-order chi connectivity index (χ0) is 16.2. The number of esters is 1. The lowest BCUT2D eigenvalue weighted by atomic mass is 10.2. The minimum Gasteiger partial charge on any atom is -0.494 e. The van der Waals surface area contributed by atoms with E-state index in [2.05, 4.69) is 22.7 Å². The molecule has 0 saturated carbocycles. The smallest absolute Gasteiger partial charge is 0.305 e. The van der Waals surface area contributed by atoms with Crippen molar-refractivity contribution in [3.63, 3.8) is 0 Å². The maximum Gasteiger partial charge on any atom is 0.305 e. The van der Waals surface area contributed by atoms with Gasteiger partial charge >= 0.3 is 5.97 Å². The molecule has 0 saturated heterocycles. The van der Waals surface area contributed by atoms with E-state index >= 15 is 0 Å². The Morgan fingerprint density at radius 2 is 2.27 bits per heavy atom. The van der Waals surface area contributed by atoms with Crippen molar-refractivity contribution < 1.29 is 14.3 Å². The quantitative estimate of drug-likeness (QED) is 0.238. The molecule has 6 nitrogen and oxygen atoms in total. The van der Waals surface area contributed by atoms with Crippen LogP contribution in [0.2, 0.25) is 0 Å². The highest BCUT2D eigenvalue weighted by Gasteiger charge is 2.01. The largest absolute Gasteiger partial charge is 0.494 e. The normalized spacial score (nSPS) is 10.4. The van der Waals surface area contributed by atoms with Crippen LogP contribution in [0.15, 0.2) is 29.4 Å². The highest BCUT2D eigenvalue weighted by Crippen LogP contribution is 2.12. The molecule has 7 heteroatoms. The number of nitrogens with zero attached hydrogens (tertiary/aromatic N) is 1. The average Bonchev–Trinajstić information content (AvgIpc) is 2.47. The van der Waals surface area contributed by atoms with Crippen molar-refractivity contribution in [1.82, 2.24) is 5.43 Å². The SMILES string of the molecule is CCOC(=O)CCCCOc1cccc(C=NNC(N)=S)c1. The van der Waals surface area contributed by atoms with Gasteiger partial charge in [0.1, 0.15) is 5.75 Å². The fraction of sp³-hybridized carbons (Fsp3) is 0.400. The van der Waals surface area contributed by atoms with Crippen molar-refractivity contribution in [3.8, 4) is 5.75 Å². The lowest BCUT2D eigenvalue weighted by Gasteiger charge is -2.06. The van der Waals surface area contributed by atoms with Crippen LogP contribution in [0.25, 0.3) is 0 Å². The van der Waals surface area contributed by atoms with E-state index in [9.17, 15) is 4.79 Å². The number of thiocarbonyl (C=S) groups is 1. The molecule has 0 heterocycles. The van der Waals surface area contributed by atoms with Crippen LogP contribution in [0.3, 0.4) is 0 Å². The molecule has 1 aromatic rings. The molecule has 0 atom stereocenters. The number of nitrogens with one attached hydrogen (secondary N) is 1. The molecule has 120 valence electrons. The van der Waals surface area contributed by atoms with Crippen LogP contribution in [0.4, 0.5) is 0 Å². The molecule has 0 fully saturated rings. The summed E-state index contributed by atoms with van der Waals surface area (Å²) >= 11 is 4.65. The van der Waals surface area contributed by atoms with Gasteiger partial charge in [0.2, 0.25) is 0 Å². The van der Waals surface area contributed by atoms with E-state index in [1.807, 2.05) is 24.3 Å². The summed E-state index contributed by atoms with van der Waals surface area (Å²) in [7, 11) is 0. The Kier molecular flexibility index (Phi) is 8.59. The van der Waals surface area contributed by atoms with Gasteiger partial charge in [0.25, 0.3) is 0 Å². The lowest BCUT2D eigenvalue weighted by molar-refractivity contribution is -0.143. The second kappa shape index (κ2) is 10.6. The number of unbranched alkanes of at least 4 members (excludes halogenated alkanes) is 1. The van der Waals surface area contributed by atoms with Crippen LogP contribution in [0.1, 0.15) is 31.7 Å². The summed E-state index contributed by atoms with van der Waals surface area (Å²) in [5.41, 5.74) is 8.63. The fourth-order valence-electron chi connectivity index (χ4n) is 1.65. The van der Waals surface area contributed by atoms with Gasteiger partial charge in [0, 0.05) is 6.42 Å². The molecule has 1 aromatic carbocycles. The summed E-state index contributed by atoms with van der Waals surface area (Å²) in [6, 6.07) is 7.48. The van der Waals surface area contributed by atoms with Gasteiger partial charge in [-0.25, -0.2) is 0 Å². The van der Waals surface area contributed by atoms with Crippen molar-refractivity contribution in [1.29, 1.82) is 0 Å². The van der Waals surface area contributed by atoms with Crippen molar-refractivity contribution in [2.45, 2.75) is 26.2 Å². The topological polar surface area (TPSA) is 85.9 Å². The predicted octanol–water partition coefficient (Wildman–Crippen LogP) is 1.97. The van der Waals surface area contributed by atoms with Gasteiger partial charge in [-0.3, -0.25) is 10.2 Å². The van der Waals surface area contributed by atoms with E-state index in [-0.39, 0.29) is 11.1 Å². The Hall–Kier alpha value is -2.15. The van der Waals surface area contributed by atoms with E-state index in [1.165, 1.54) is 0 Å². The van der Waals surface area contributed by atoms with Gasteiger partial charge in [-0.15, -0.1) is 0 Å². The molecule has 0 spiro atoms. The molecular formula is C15H21N3O3S. The summed E-state index contributed by atoms with van der Waals surface area (Å²) in [5, 5.41) is 4.00. The summed E-state index contributed by atoms with van der Waals surface area (Å²) in [4.78, 5) is 11.2. The molecule has 3 N–H and O–H groups in total.